The van der Waals surface area contributed by atoms with E-state index in [-0.39, 0.29) is 0 Å². The van der Waals surface area contributed by atoms with Crippen LogP contribution in [0.25, 0.3) is 90.6 Å². The molecule has 10 rings (SSSR count). The minimum atomic E-state index is 0.689. The second kappa shape index (κ2) is 9.57. The van der Waals surface area contributed by atoms with Crippen molar-refractivity contribution in [1.82, 2.24) is 14.5 Å². The third-order valence-corrected chi connectivity index (χ3v) is 11.4. The number of hydrogen-bond acceptors (Lipinski definition) is 4. The molecular formula is C40H23N3S2. The second-order valence-electron chi connectivity index (χ2n) is 11.4. The molecule has 0 amide bonds. The molecular weight excluding hydrogens is 587 g/mol. The van der Waals surface area contributed by atoms with Gasteiger partial charge in [0, 0.05) is 37.2 Å². The number of rotatable bonds is 3. The van der Waals surface area contributed by atoms with Crippen molar-refractivity contribution in [2.75, 3.05) is 0 Å². The molecule has 0 atom stereocenters. The smallest absolute Gasteiger partial charge is 0.235 e. The summed E-state index contributed by atoms with van der Waals surface area (Å²) in [6.45, 7) is 0. The fraction of sp³-hybridized carbons (Fsp3) is 0. The minimum Gasteiger partial charge on any atom is -0.276 e. The Morgan fingerprint density at radius 2 is 1.13 bits per heavy atom. The predicted molar refractivity (Wildman–Crippen MR) is 193 cm³/mol. The van der Waals surface area contributed by atoms with Crippen molar-refractivity contribution in [3.63, 3.8) is 0 Å². The van der Waals surface area contributed by atoms with Crippen molar-refractivity contribution in [2.24, 2.45) is 0 Å². The molecule has 0 saturated carbocycles. The molecule has 5 heteroatoms. The Balaban J connectivity index is 1.30. The molecule has 6 aromatic carbocycles. The van der Waals surface area contributed by atoms with E-state index in [0.717, 1.165) is 27.7 Å². The van der Waals surface area contributed by atoms with E-state index < -0.39 is 0 Å². The first-order chi connectivity index (χ1) is 22.3. The van der Waals surface area contributed by atoms with Gasteiger partial charge in [0.15, 0.2) is 0 Å². The summed E-state index contributed by atoms with van der Waals surface area (Å²) >= 11 is 3.78. The van der Waals surface area contributed by atoms with Crippen LogP contribution in [-0.4, -0.2) is 14.5 Å². The number of hydrogen-bond donors (Lipinski definition) is 0. The first kappa shape index (κ1) is 25.0. The molecule has 0 radical (unpaired) electrons. The van der Waals surface area contributed by atoms with Crippen molar-refractivity contribution in [3.8, 4) is 28.3 Å². The lowest BCUT2D eigenvalue weighted by Gasteiger charge is -2.13. The van der Waals surface area contributed by atoms with Crippen LogP contribution in [0, 0.1) is 0 Å². The maximum absolute atomic E-state index is 5.41. The number of benzene rings is 6. The second-order valence-corrected chi connectivity index (χ2v) is 13.5. The highest BCUT2D eigenvalue weighted by Crippen LogP contribution is 2.48. The Kier molecular flexibility index (Phi) is 5.32. The van der Waals surface area contributed by atoms with Gasteiger partial charge in [-0.15, -0.1) is 22.7 Å². The van der Waals surface area contributed by atoms with E-state index in [2.05, 4.69) is 144 Å². The van der Waals surface area contributed by atoms with Crippen LogP contribution in [0.1, 0.15) is 0 Å². The standard InChI is InChI=1S/C40H23N3S2/c1-2-11-24(12-3-1)25-13-10-14-26(23-25)35-29-16-4-7-18-32(29)41-40(42-35)43-33-19-8-5-15-27(33)28-21-22-31-37(36(28)43)45-38-30-17-6-9-20-34(30)44-39(31)38/h1-23H. The van der Waals surface area contributed by atoms with Gasteiger partial charge in [-0.1, -0.05) is 115 Å². The average Bonchev–Trinajstić information content (AvgIpc) is 3.76. The minimum absolute atomic E-state index is 0.689. The molecule has 4 aromatic heterocycles. The largest absolute Gasteiger partial charge is 0.276 e. The monoisotopic (exact) mass is 609 g/mol. The maximum atomic E-state index is 5.41. The van der Waals surface area contributed by atoms with Crippen molar-refractivity contribution in [3.05, 3.63) is 140 Å². The van der Waals surface area contributed by atoms with E-state index in [0.29, 0.717) is 5.95 Å². The summed E-state index contributed by atoms with van der Waals surface area (Å²) in [4.78, 5) is 10.6. The third kappa shape index (κ3) is 3.69. The molecule has 0 aliphatic carbocycles. The van der Waals surface area contributed by atoms with Gasteiger partial charge in [0.25, 0.3) is 0 Å². The maximum Gasteiger partial charge on any atom is 0.235 e. The van der Waals surface area contributed by atoms with Crippen LogP contribution in [0.2, 0.25) is 0 Å². The number of para-hydroxylation sites is 2. The van der Waals surface area contributed by atoms with Crippen LogP contribution < -0.4 is 0 Å². The van der Waals surface area contributed by atoms with Crippen molar-refractivity contribution in [1.29, 1.82) is 0 Å². The molecule has 4 heterocycles. The first-order valence-corrected chi connectivity index (χ1v) is 16.6. The van der Waals surface area contributed by atoms with E-state index in [1.807, 2.05) is 22.7 Å². The molecule has 0 fully saturated rings. The van der Waals surface area contributed by atoms with Gasteiger partial charge in [0.2, 0.25) is 5.95 Å². The van der Waals surface area contributed by atoms with Crippen LogP contribution >= 0.6 is 22.7 Å². The zero-order chi connectivity index (χ0) is 29.5. The SMILES string of the molecule is c1ccc(-c2cccc(-c3nc(-n4c5ccccc5c5ccc6c7sc8ccccc8c7sc6c54)nc4ccccc34)c2)cc1. The quantitative estimate of drug-likeness (QED) is 0.199. The highest BCUT2D eigenvalue weighted by molar-refractivity contribution is 7.37. The summed E-state index contributed by atoms with van der Waals surface area (Å²) < 4.78 is 7.62. The number of thiophene rings is 2. The molecule has 0 aliphatic rings. The molecule has 210 valence electrons. The van der Waals surface area contributed by atoms with Gasteiger partial charge in [-0.2, -0.15) is 0 Å². The first-order valence-electron chi connectivity index (χ1n) is 15.0. The van der Waals surface area contributed by atoms with E-state index in [4.69, 9.17) is 9.97 Å². The van der Waals surface area contributed by atoms with Crippen molar-refractivity contribution >= 4 is 85.0 Å². The number of fused-ring (bicyclic) bond motifs is 10. The fourth-order valence-electron chi connectivity index (χ4n) is 6.78. The van der Waals surface area contributed by atoms with Gasteiger partial charge >= 0.3 is 0 Å². The topological polar surface area (TPSA) is 30.7 Å². The van der Waals surface area contributed by atoms with Gasteiger partial charge in [0.1, 0.15) is 0 Å². The van der Waals surface area contributed by atoms with Crippen LogP contribution in [0.5, 0.6) is 0 Å². The fourth-order valence-corrected chi connectivity index (χ4v) is 9.56. The summed E-state index contributed by atoms with van der Waals surface area (Å²) in [6.07, 6.45) is 0. The van der Waals surface area contributed by atoms with Gasteiger partial charge in [0.05, 0.1) is 36.3 Å². The molecule has 0 unspecified atom stereocenters. The summed E-state index contributed by atoms with van der Waals surface area (Å²) in [5.74, 6) is 0.689. The summed E-state index contributed by atoms with van der Waals surface area (Å²) in [6, 6.07) is 49.6. The molecule has 0 bridgehead atoms. The zero-order valence-corrected chi connectivity index (χ0v) is 25.6. The van der Waals surface area contributed by atoms with Crippen LogP contribution in [0.4, 0.5) is 0 Å². The number of aromatic nitrogens is 3. The lowest BCUT2D eigenvalue weighted by Crippen LogP contribution is -2.03. The van der Waals surface area contributed by atoms with E-state index in [1.54, 1.807) is 0 Å². The Bertz CT molecular complexity index is 2770. The Labute approximate surface area is 266 Å². The summed E-state index contributed by atoms with van der Waals surface area (Å²) in [5, 5.41) is 6.10. The van der Waals surface area contributed by atoms with E-state index in [9.17, 15) is 0 Å². The average molecular weight is 610 g/mol. The normalized spacial score (nSPS) is 12.0. The number of nitrogens with zero attached hydrogens (tertiary/aromatic N) is 3. The predicted octanol–water partition coefficient (Wildman–Crippen LogP) is 11.6. The summed E-state index contributed by atoms with van der Waals surface area (Å²) in [7, 11) is 0. The molecule has 0 spiro atoms. The van der Waals surface area contributed by atoms with Crippen molar-refractivity contribution < 1.29 is 0 Å². The third-order valence-electron chi connectivity index (χ3n) is 8.82. The highest BCUT2D eigenvalue weighted by Gasteiger charge is 2.22. The van der Waals surface area contributed by atoms with Crippen LogP contribution in [0.3, 0.4) is 0 Å². The van der Waals surface area contributed by atoms with E-state index >= 15 is 0 Å². The van der Waals surface area contributed by atoms with Crippen molar-refractivity contribution in [2.45, 2.75) is 0 Å². The van der Waals surface area contributed by atoms with Crippen LogP contribution in [-0.2, 0) is 0 Å². The molecule has 0 N–H and O–H groups in total. The Morgan fingerprint density at radius 3 is 2.04 bits per heavy atom. The molecule has 10 aromatic rings. The van der Waals surface area contributed by atoms with Gasteiger partial charge in [-0.25, -0.2) is 9.97 Å². The van der Waals surface area contributed by atoms with Crippen LogP contribution in [0.15, 0.2) is 140 Å². The highest BCUT2D eigenvalue weighted by atomic mass is 32.1. The van der Waals surface area contributed by atoms with E-state index in [1.165, 1.54) is 57.0 Å². The lowest BCUT2D eigenvalue weighted by molar-refractivity contribution is 1.02. The summed E-state index contributed by atoms with van der Waals surface area (Å²) in [5.41, 5.74) is 7.58. The van der Waals surface area contributed by atoms with Gasteiger partial charge in [-0.05, 0) is 35.4 Å². The molecule has 0 aliphatic heterocycles. The lowest BCUT2D eigenvalue weighted by atomic mass is 10.00. The Morgan fingerprint density at radius 1 is 0.444 bits per heavy atom. The Hall–Kier alpha value is -5.36. The molecule has 0 saturated heterocycles. The zero-order valence-electron chi connectivity index (χ0n) is 23.9. The molecule has 3 nitrogen and oxygen atoms in total. The van der Waals surface area contributed by atoms with Gasteiger partial charge in [-0.3, -0.25) is 4.57 Å². The van der Waals surface area contributed by atoms with Gasteiger partial charge < -0.3 is 0 Å². The molecule has 45 heavy (non-hydrogen) atoms.